The van der Waals surface area contributed by atoms with E-state index in [0.29, 0.717) is 12.4 Å². The van der Waals surface area contributed by atoms with Crippen LogP contribution in [-0.2, 0) is 7.05 Å². The molecular weight excluding hydrogens is 214 g/mol. The van der Waals surface area contributed by atoms with Gasteiger partial charge in [-0.3, -0.25) is 0 Å². The largest absolute Gasteiger partial charge is 0.493 e. The molecule has 2 N–H and O–H groups in total. The second kappa shape index (κ2) is 4.49. The molecule has 17 heavy (non-hydrogen) atoms. The molecule has 0 spiro atoms. The summed E-state index contributed by atoms with van der Waals surface area (Å²) in [5.74, 6) is 2.37. The van der Waals surface area contributed by atoms with Gasteiger partial charge in [-0.1, -0.05) is 12.1 Å². The molecular formula is C13H17N3O. The van der Waals surface area contributed by atoms with Crippen LogP contribution < -0.4 is 10.5 Å². The van der Waals surface area contributed by atoms with Crippen molar-refractivity contribution in [3.05, 3.63) is 30.1 Å². The summed E-state index contributed by atoms with van der Waals surface area (Å²) in [6, 6.07) is 7.81. The fraction of sp³-hybridized carbons (Fsp3) is 0.308. The van der Waals surface area contributed by atoms with E-state index in [0.717, 1.165) is 22.8 Å². The van der Waals surface area contributed by atoms with Gasteiger partial charge in [0.1, 0.15) is 23.1 Å². The van der Waals surface area contributed by atoms with Crippen molar-refractivity contribution in [2.24, 2.45) is 7.05 Å². The molecule has 0 aliphatic heterocycles. The molecule has 1 heterocycles. The third-order valence-electron chi connectivity index (χ3n) is 2.81. The van der Waals surface area contributed by atoms with E-state index in [2.05, 4.69) is 4.98 Å². The number of aryl methyl sites for hydroxylation is 1. The molecule has 0 unspecified atom stereocenters. The summed E-state index contributed by atoms with van der Waals surface area (Å²) in [5.41, 5.74) is 7.77. The van der Waals surface area contributed by atoms with Crippen LogP contribution in [-0.4, -0.2) is 16.2 Å². The first-order chi connectivity index (χ1) is 8.15. The maximum atomic E-state index is 6.05. The van der Waals surface area contributed by atoms with Crippen molar-refractivity contribution in [2.45, 2.75) is 13.8 Å². The van der Waals surface area contributed by atoms with Gasteiger partial charge in [-0.05, 0) is 26.0 Å². The highest BCUT2D eigenvalue weighted by molar-refractivity contribution is 5.76. The zero-order chi connectivity index (χ0) is 12.4. The fourth-order valence-electron chi connectivity index (χ4n) is 1.77. The lowest BCUT2D eigenvalue weighted by atomic mass is 10.1. The minimum absolute atomic E-state index is 0.628. The second-order valence-corrected chi connectivity index (χ2v) is 3.88. The van der Waals surface area contributed by atoms with Crippen molar-refractivity contribution in [1.29, 1.82) is 0 Å². The lowest BCUT2D eigenvalue weighted by Crippen LogP contribution is -1.99. The van der Waals surface area contributed by atoms with Crippen molar-refractivity contribution in [2.75, 3.05) is 12.3 Å². The zero-order valence-electron chi connectivity index (χ0n) is 10.4. The average molecular weight is 231 g/mol. The van der Waals surface area contributed by atoms with Crippen molar-refractivity contribution in [1.82, 2.24) is 9.55 Å². The van der Waals surface area contributed by atoms with E-state index in [-0.39, 0.29) is 0 Å². The maximum Gasteiger partial charge on any atom is 0.131 e. The number of nitrogens with zero attached hydrogens (tertiary/aromatic N) is 2. The van der Waals surface area contributed by atoms with Crippen LogP contribution >= 0.6 is 0 Å². The Morgan fingerprint density at radius 3 is 2.65 bits per heavy atom. The number of nitrogens with two attached hydrogens (primary N) is 1. The van der Waals surface area contributed by atoms with Crippen molar-refractivity contribution in [3.63, 3.8) is 0 Å². The first kappa shape index (κ1) is 11.5. The highest BCUT2D eigenvalue weighted by atomic mass is 16.5. The molecule has 4 heteroatoms. The molecule has 1 aromatic carbocycles. The molecule has 0 atom stereocenters. The van der Waals surface area contributed by atoms with Gasteiger partial charge in [0.05, 0.1) is 6.61 Å². The molecule has 0 aliphatic rings. The minimum atomic E-state index is 0.628. The number of para-hydroxylation sites is 1. The van der Waals surface area contributed by atoms with Gasteiger partial charge in [0.2, 0.25) is 0 Å². The maximum absolute atomic E-state index is 6.05. The molecule has 1 aromatic heterocycles. The Bertz CT molecular complexity index is 531. The predicted molar refractivity (Wildman–Crippen MR) is 69.0 cm³/mol. The van der Waals surface area contributed by atoms with E-state index < -0.39 is 0 Å². The smallest absolute Gasteiger partial charge is 0.131 e. The van der Waals surface area contributed by atoms with Crippen molar-refractivity contribution >= 4 is 5.82 Å². The summed E-state index contributed by atoms with van der Waals surface area (Å²) in [6.45, 7) is 4.52. The van der Waals surface area contributed by atoms with Crippen LogP contribution in [0.25, 0.3) is 11.3 Å². The van der Waals surface area contributed by atoms with E-state index >= 15 is 0 Å². The molecule has 0 aliphatic carbocycles. The molecule has 0 saturated heterocycles. The average Bonchev–Trinajstić information content (AvgIpc) is 2.58. The van der Waals surface area contributed by atoms with E-state index in [1.54, 1.807) is 0 Å². The minimum Gasteiger partial charge on any atom is -0.493 e. The topological polar surface area (TPSA) is 53.1 Å². The normalized spacial score (nSPS) is 10.5. The van der Waals surface area contributed by atoms with Gasteiger partial charge >= 0.3 is 0 Å². The van der Waals surface area contributed by atoms with Gasteiger partial charge in [0, 0.05) is 12.6 Å². The number of nitrogen functional groups attached to an aromatic ring is 1. The lowest BCUT2D eigenvalue weighted by molar-refractivity contribution is 0.341. The third-order valence-corrected chi connectivity index (χ3v) is 2.81. The number of benzene rings is 1. The molecule has 0 saturated carbocycles. The van der Waals surface area contributed by atoms with Gasteiger partial charge in [0.15, 0.2) is 0 Å². The molecule has 2 aromatic rings. The molecule has 4 nitrogen and oxygen atoms in total. The quantitative estimate of drug-likeness (QED) is 0.882. The number of rotatable bonds is 3. The summed E-state index contributed by atoms with van der Waals surface area (Å²) in [4.78, 5) is 4.48. The number of ether oxygens (including phenoxy) is 1. The molecule has 0 fully saturated rings. The van der Waals surface area contributed by atoms with E-state index in [4.69, 9.17) is 10.5 Å². The predicted octanol–water partition coefficient (Wildman–Crippen LogP) is 2.38. The number of imidazole rings is 1. The summed E-state index contributed by atoms with van der Waals surface area (Å²) in [7, 11) is 1.91. The van der Waals surface area contributed by atoms with Crippen LogP contribution in [0.2, 0.25) is 0 Å². The van der Waals surface area contributed by atoms with Crippen LogP contribution in [0, 0.1) is 6.92 Å². The Balaban J connectivity index is 2.56. The Morgan fingerprint density at radius 1 is 1.35 bits per heavy atom. The van der Waals surface area contributed by atoms with Crippen LogP contribution in [0.5, 0.6) is 5.75 Å². The van der Waals surface area contributed by atoms with Crippen molar-refractivity contribution < 1.29 is 4.74 Å². The standard InChI is InChI=1S/C13H17N3O/c1-4-17-11-8-6-5-7-10(11)12-13(14)16(3)9(2)15-12/h5-8H,4,14H2,1-3H3. The molecule has 0 bridgehead atoms. The van der Waals surface area contributed by atoms with E-state index in [9.17, 15) is 0 Å². The van der Waals surface area contributed by atoms with Gasteiger partial charge in [-0.15, -0.1) is 0 Å². The van der Waals surface area contributed by atoms with E-state index in [1.165, 1.54) is 0 Å². The highest BCUT2D eigenvalue weighted by Crippen LogP contribution is 2.32. The fourth-order valence-corrected chi connectivity index (χ4v) is 1.77. The first-order valence-electron chi connectivity index (χ1n) is 5.66. The number of hydrogen-bond acceptors (Lipinski definition) is 3. The molecule has 2 rings (SSSR count). The second-order valence-electron chi connectivity index (χ2n) is 3.88. The number of anilines is 1. The zero-order valence-corrected chi connectivity index (χ0v) is 10.4. The highest BCUT2D eigenvalue weighted by Gasteiger charge is 2.14. The summed E-state index contributed by atoms with van der Waals surface area (Å²) < 4.78 is 7.46. The first-order valence-corrected chi connectivity index (χ1v) is 5.66. The molecule has 0 radical (unpaired) electrons. The molecule has 0 amide bonds. The lowest BCUT2D eigenvalue weighted by Gasteiger charge is -2.08. The molecule has 90 valence electrons. The monoisotopic (exact) mass is 231 g/mol. The Hall–Kier alpha value is -1.97. The SMILES string of the molecule is CCOc1ccccc1-c1nc(C)n(C)c1N. The summed E-state index contributed by atoms with van der Waals surface area (Å²) in [6.07, 6.45) is 0. The number of aromatic nitrogens is 2. The van der Waals surface area contributed by atoms with Crippen LogP contribution in [0.1, 0.15) is 12.7 Å². The van der Waals surface area contributed by atoms with E-state index in [1.807, 2.05) is 49.7 Å². The van der Waals surface area contributed by atoms with Gasteiger partial charge < -0.3 is 15.0 Å². The Morgan fingerprint density at radius 2 is 2.06 bits per heavy atom. The van der Waals surface area contributed by atoms with Crippen LogP contribution in [0.15, 0.2) is 24.3 Å². The van der Waals surface area contributed by atoms with Crippen LogP contribution in [0.4, 0.5) is 5.82 Å². The van der Waals surface area contributed by atoms with Crippen LogP contribution in [0.3, 0.4) is 0 Å². The van der Waals surface area contributed by atoms with Gasteiger partial charge in [-0.25, -0.2) is 4.98 Å². The van der Waals surface area contributed by atoms with Gasteiger partial charge in [0.25, 0.3) is 0 Å². The summed E-state index contributed by atoms with van der Waals surface area (Å²) in [5, 5.41) is 0. The summed E-state index contributed by atoms with van der Waals surface area (Å²) >= 11 is 0. The number of hydrogen-bond donors (Lipinski definition) is 1. The van der Waals surface area contributed by atoms with Crippen molar-refractivity contribution in [3.8, 4) is 17.0 Å². The third kappa shape index (κ3) is 1.98. The Kier molecular flexibility index (Phi) is 3.04. The van der Waals surface area contributed by atoms with Gasteiger partial charge in [-0.2, -0.15) is 0 Å². The Labute approximate surface area is 101 Å².